The van der Waals surface area contributed by atoms with Gasteiger partial charge in [0.05, 0.1) is 13.7 Å². The molecule has 0 aromatic carbocycles. The van der Waals surface area contributed by atoms with Crippen LogP contribution in [0.5, 0.6) is 0 Å². The fourth-order valence-electron chi connectivity index (χ4n) is 0.953. The maximum atomic E-state index is 13.3. The number of esters is 1. The van der Waals surface area contributed by atoms with Crippen molar-refractivity contribution in [1.29, 1.82) is 0 Å². The van der Waals surface area contributed by atoms with Crippen molar-refractivity contribution in [1.82, 2.24) is 0 Å². The SMILES string of the molecule is CCCCCOC(F)(C(=O)OC)C(F)(F)F. The first-order valence-corrected chi connectivity index (χ1v) is 4.77. The number of hydrogen-bond donors (Lipinski definition) is 0. The molecule has 3 nitrogen and oxygen atoms in total. The monoisotopic (exact) mass is 246 g/mol. The highest BCUT2D eigenvalue weighted by Crippen LogP contribution is 2.36. The molecule has 0 aromatic rings. The quantitative estimate of drug-likeness (QED) is 0.410. The number of hydrogen-bond acceptors (Lipinski definition) is 3. The van der Waals surface area contributed by atoms with Crippen LogP contribution >= 0.6 is 0 Å². The number of carbonyl (C=O) groups excluding carboxylic acids is 1. The molecule has 0 aliphatic heterocycles. The van der Waals surface area contributed by atoms with E-state index < -0.39 is 24.6 Å². The molecule has 0 fully saturated rings. The summed E-state index contributed by atoms with van der Waals surface area (Å²) in [5.41, 5.74) is 0. The molecule has 16 heavy (non-hydrogen) atoms. The van der Waals surface area contributed by atoms with Gasteiger partial charge in [-0.1, -0.05) is 19.8 Å². The van der Waals surface area contributed by atoms with Gasteiger partial charge in [-0.15, -0.1) is 0 Å². The Hall–Kier alpha value is -0.850. The minimum absolute atomic E-state index is 0.245. The molecule has 0 heterocycles. The van der Waals surface area contributed by atoms with E-state index in [-0.39, 0.29) is 6.42 Å². The molecule has 0 N–H and O–H groups in total. The largest absolute Gasteiger partial charge is 0.465 e. The van der Waals surface area contributed by atoms with Crippen molar-refractivity contribution in [3.05, 3.63) is 0 Å². The number of carbonyl (C=O) groups is 1. The second-order valence-electron chi connectivity index (χ2n) is 3.14. The lowest BCUT2D eigenvalue weighted by molar-refractivity contribution is -0.323. The van der Waals surface area contributed by atoms with Crippen LogP contribution in [0.4, 0.5) is 17.6 Å². The lowest BCUT2D eigenvalue weighted by Crippen LogP contribution is -2.51. The number of unbranched alkanes of at least 4 members (excludes halogenated alkanes) is 2. The second-order valence-corrected chi connectivity index (χ2v) is 3.14. The van der Waals surface area contributed by atoms with Crippen molar-refractivity contribution in [3.8, 4) is 0 Å². The predicted molar refractivity (Wildman–Crippen MR) is 47.4 cm³/mol. The van der Waals surface area contributed by atoms with Crippen LogP contribution in [0.25, 0.3) is 0 Å². The summed E-state index contributed by atoms with van der Waals surface area (Å²) < 4.78 is 57.8. The summed E-state index contributed by atoms with van der Waals surface area (Å²) in [4.78, 5) is 10.7. The summed E-state index contributed by atoms with van der Waals surface area (Å²) in [6.45, 7) is 1.34. The lowest BCUT2D eigenvalue weighted by atomic mass is 10.2. The normalized spacial score (nSPS) is 15.6. The van der Waals surface area contributed by atoms with Gasteiger partial charge in [0.15, 0.2) is 0 Å². The van der Waals surface area contributed by atoms with Crippen molar-refractivity contribution in [3.63, 3.8) is 0 Å². The first-order valence-electron chi connectivity index (χ1n) is 4.77. The number of ether oxygens (including phenoxy) is 2. The Morgan fingerprint density at radius 2 is 1.75 bits per heavy atom. The Labute approximate surface area is 90.7 Å². The van der Waals surface area contributed by atoms with Gasteiger partial charge in [0.1, 0.15) is 0 Å². The van der Waals surface area contributed by atoms with E-state index in [1.54, 1.807) is 0 Å². The van der Waals surface area contributed by atoms with Gasteiger partial charge in [-0.25, -0.2) is 4.79 Å². The van der Waals surface area contributed by atoms with Crippen LogP contribution in [-0.4, -0.2) is 31.7 Å². The Morgan fingerprint density at radius 1 is 1.19 bits per heavy atom. The summed E-state index contributed by atoms with van der Waals surface area (Å²) in [5, 5.41) is 0. The number of alkyl halides is 4. The van der Waals surface area contributed by atoms with E-state index in [1.165, 1.54) is 0 Å². The van der Waals surface area contributed by atoms with E-state index in [1.807, 2.05) is 6.92 Å². The molecule has 0 spiro atoms. The third-order valence-corrected chi connectivity index (χ3v) is 1.86. The van der Waals surface area contributed by atoms with E-state index in [4.69, 9.17) is 0 Å². The molecule has 1 atom stereocenters. The van der Waals surface area contributed by atoms with E-state index in [0.717, 1.165) is 6.42 Å². The molecule has 0 saturated heterocycles. The molecule has 96 valence electrons. The number of methoxy groups -OCH3 is 1. The van der Waals surface area contributed by atoms with E-state index in [9.17, 15) is 22.4 Å². The van der Waals surface area contributed by atoms with Crippen LogP contribution in [0, 0.1) is 0 Å². The van der Waals surface area contributed by atoms with E-state index in [2.05, 4.69) is 9.47 Å². The van der Waals surface area contributed by atoms with Gasteiger partial charge in [0.2, 0.25) is 0 Å². The third kappa shape index (κ3) is 3.62. The Kier molecular flexibility index (Phi) is 5.71. The van der Waals surface area contributed by atoms with Gasteiger partial charge in [0.25, 0.3) is 0 Å². The Balaban J connectivity index is 4.51. The minimum Gasteiger partial charge on any atom is -0.465 e. The van der Waals surface area contributed by atoms with Crippen LogP contribution in [0.1, 0.15) is 26.2 Å². The molecule has 0 amide bonds. The van der Waals surface area contributed by atoms with Gasteiger partial charge in [-0.05, 0) is 6.42 Å². The molecule has 7 heteroatoms. The Morgan fingerprint density at radius 3 is 2.12 bits per heavy atom. The zero-order valence-electron chi connectivity index (χ0n) is 9.07. The highest BCUT2D eigenvalue weighted by Gasteiger charge is 2.64. The molecule has 0 radical (unpaired) electrons. The molecule has 0 bridgehead atoms. The standard InChI is InChI=1S/C9H14F4O3/c1-3-4-5-6-16-8(10,7(14)15-2)9(11,12)13/h3-6H2,1-2H3. The van der Waals surface area contributed by atoms with Gasteiger partial charge in [-0.3, -0.25) is 0 Å². The molecular formula is C9H14F4O3. The molecule has 1 unspecified atom stereocenters. The fourth-order valence-corrected chi connectivity index (χ4v) is 0.953. The lowest BCUT2D eigenvalue weighted by Gasteiger charge is -2.24. The fraction of sp³-hybridized carbons (Fsp3) is 0.889. The van der Waals surface area contributed by atoms with Crippen LogP contribution < -0.4 is 0 Å². The van der Waals surface area contributed by atoms with Gasteiger partial charge >= 0.3 is 18.0 Å². The number of halogens is 4. The summed E-state index contributed by atoms with van der Waals surface area (Å²) in [5.74, 6) is -6.45. The zero-order valence-corrected chi connectivity index (χ0v) is 9.07. The average molecular weight is 246 g/mol. The molecular weight excluding hydrogens is 232 g/mol. The van der Waals surface area contributed by atoms with Crippen LogP contribution in [0.15, 0.2) is 0 Å². The second kappa shape index (κ2) is 6.03. The maximum Gasteiger partial charge on any atom is 0.460 e. The average Bonchev–Trinajstić information content (AvgIpc) is 2.21. The highest BCUT2D eigenvalue weighted by atomic mass is 19.4. The summed E-state index contributed by atoms with van der Waals surface area (Å²) >= 11 is 0. The van der Waals surface area contributed by atoms with Crippen molar-refractivity contribution in [2.75, 3.05) is 13.7 Å². The van der Waals surface area contributed by atoms with E-state index >= 15 is 0 Å². The minimum atomic E-state index is -5.44. The van der Waals surface area contributed by atoms with Gasteiger partial charge < -0.3 is 9.47 Å². The first-order chi connectivity index (χ1) is 7.29. The highest BCUT2D eigenvalue weighted by molar-refractivity contribution is 5.78. The molecule has 0 aliphatic carbocycles. The summed E-state index contributed by atoms with van der Waals surface area (Å²) in [6.07, 6.45) is -3.86. The molecule has 0 aromatic heterocycles. The number of rotatable bonds is 6. The molecule has 0 aliphatic rings. The zero-order chi connectivity index (χ0) is 12.8. The molecule has 0 rings (SSSR count). The van der Waals surface area contributed by atoms with Gasteiger partial charge in [-0.2, -0.15) is 17.6 Å². The van der Waals surface area contributed by atoms with Crippen molar-refractivity contribution in [2.24, 2.45) is 0 Å². The van der Waals surface area contributed by atoms with Crippen molar-refractivity contribution in [2.45, 2.75) is 38.2 Å². The summed E-state index contributed by atoms with van der Waals surface area (Å²) in [7, 11) is 0.664. The predicted octanol–water partition coefficient (Wildman–Crippen LogP) is 2.59. The topological polar surface area (TPSA) is 35.5 Å². The van der Waals surface area contributed by atoms with E-state index in [0.29, 0.717) is 13.5 Å². The van der Waals surface area contributed by atoms with Crippen molar-refractivity contribution >= 4 is 5.97 Å². The summed E-state index contributed by atoms with van der Waals surface area (Å²) in [6, 6.07) is 0. The van der Waals surface area contributed by atoms with Gasteiger partial charge in [0, 0.05) is 0 Å². The first kappa shape index (κ1) is 15.2. The van der Waals surface area contributed by atoms with Crippen LogP contribution in [-0.2, 0) is 14.3 Å². The smallest absolute Gasteiger partial charge is 0.460 e. The van der Waals surface area contributed by atoms with Crippen LogP contribution in [0.3, 0.4) is 0 Å². The maximum absolute atomic E-state index is 13.3. The van der Waals surface area contributed by atoms with Crippen LogP contribution in [0.2, 0.25) is 0 Å². The molecule has 0 saturated carbocycles. The third-order valence-electron chi connectivity index (χ3n) is 1.86. The Bertz CT molecular complexity index is 229. The van der Waals surface area contributed by atoms with Crippen molar-refractivity contribution < 1.29 is 31.8 Å².